The monoisotopic (exact) mass is 225 g/mol. The summed E-state index contributed by atoms with van der Waals surface area (Å²) in [6, 6.07) is 0. The lowest BCUT2D eigenvalue weighted by molar-refractivity contribution is 0.757. The number of unbranched alkanes of at least 4 members (excludes halogenated alkanes) is 1. The molecule has 0 saturated carbocycles. The molecule has 0 spiro atoms. The maximum Gasteiger partial charge on any atom is -0.00772 e. The molecule has 2 heteroatoms. The zero-order valence-corrected chi connectivity index (χ0v) is 7.15. The van der Waals surface area contributed by atoms with Crippen LogP contribution in [0.1, 0.15) is 19.3 Å². The summed E-state index contributed by atoms with van der Waals surface area (Å²) in [4.78, 5) is 0. The van der Waals surface area contributed by atoms with Crippen LogP contribution in [0.2, 0.25) is 0 Å². The molecule has 0 unspecified atom stereocenters. The second-order valence-corrected chi connectivity index (χ2v) is 3.29. The van der Waals surface area contributed by atoms with Crippen molar-refractivity contribution in [3.05, 3.63) is 10.2 Å². The molecule has 0 aliphatic heterocycles. The lowest BCUT2D eigenvalue weighted by Crippen LogP contribution is -1.97. The summed E-state index contributed by atoms with van der Waals surface area (Å²) in [6.45, 7) is 4.58. The van der Waals surface area contributed by atoms with E-state index in [0.717, 1.165) is 19.4 Å². The molecule has 0 aromatic rings. The fourth-order valence-electron chi connectivity index (χ4n) is 0.461. The van der Waals surface area contributed by atoms with Gasteiger partial charge in [0.25, 0.3) is 0 Å². The minimum Gasteiger partial charge on any atom is -0.330 e. The molecule has 48 valence electrons. The quantitative estimate of drug-likeness (QED) is 0.575. The molecule has 0 aromatic heterocycles. The van der Waals surface area contributed by atoms with Crippen LogP contribution in [0, 0.1) is 0 Å². The average molecular weight is 225 g/mol. The van der Waals surface area contributed by atoms with Gasteiger partial charge in [0.05, 0.1) is 0 Å². The van der Waals surface area contributed by atoms with Crippen molar-refractivity contribution in [3.8, 4) is 0 Å². The molecule has 0 amide bonds. The molecule has 0 atom stereocenters. The highest BCUT2D eigenvalue weighted by atomic mass is 127. The Bertz CT molecular complexity index is 70.9. The van der Waals surface area contributed by atoms with Crippen LogP contribution < -0.4 is 5.73 Å². The minimum atomic E-state index is 0.809. The number of hydrogen-bond donors (Lipinski definition) is 1. The van der Waals surface area contributed by atoms with Crippen molar-refractivity contribution in [1.82, 2.24) is 0 Å². The summed E-state index contributed by atoms with van der Waals surface area (Å²) in [5.41, 5.74) is 5.28. The Balaban J connectivity index is 2.82. The fraction of sp³-hybridized carbons (Fsp3) is 0.667. The molecule has 2 N–H and O–H groups in total. The third kappa shape index (κ3) is 6.43. The van der Waals surface area contributed by atoms with Crippen LogP contribution in [-0.2, 0) is 0 Å². The Morgan fingerprint density at radius 2 is 2.12 bits per heavy atom. The van der Waals surface area contributed by atoms with Crippen molar-refractivity contribution < 1.29 is 0 Å². The van der Waals surface area contributed by atoms with Crippen LogP contribution in [-0.4, -0.2) is 6.54 Å². The van der Waals surface area contributed by atoms with Gasteiger partial charge in [0.2, 0.25) is 0 Å². The normalized spacial score (nSPS) is 9.25. The van der Waals surface area contributed by atoms with Gasteiger partial charge < -0.3 is 5.73 Å². The summed E-state index contributed by atoms with van der Waals surface area (Å²) in [6.07, 6.45) is 3.44. The zero-order chi connectivity index (χ0) is 6.41. The number of hydrogen-bond acceptors (Lipinski definition) is 1. The predicted molar refractivity (Wildman–Crippen MR) is 46.1 cm³/mol. The molecule has 0 bridgehead atoms. The summed E-state index contributed by atoms with van der Waals surface area (Å²) in [7, 11) is 0. The van der Waals surface area contributed by atoms with Crippen LogP contribution in [0.5, 0.6) is 0 Å². The van der Waals surface area contributed by atoms with E-state index < -0.39 is 0 Å². The van der Waals surface area contributed by atoms with Crippen molar-refractivity contribution in [2.45, 2.75) is 19.3 Å². The van der Waals surface area contributed by atoms with Crippen LogP contribution in [0.25, 0.3) is 0 Å². The topological polar surface area (TPSA) is 26.0 Å². The Morgan fingerprint density at radius 3 is 2.50 bits per heavy atom. The smallest absolute Gasteiger partial charge is 0.00772 e. The van der Waals surface area contributed by atoms with Crippen LogP contribution in [0.4, 0.5) is 0 Å². The van der Waals surface area contributed by atoms with E-state index >= 15 is 0 Å². The molecule has 0 saturated heterocycles. The Morgan fingerprint density at radius 1 is 1.50 bits per heavy atom. The molecule has 0 heterocycles. The molecule has 0 aliphatic carbocycles. The van der Waals surface area contributed by atoms with E-state index in [2.05, 4.69) is 29.2 Å². The second-order valence-electron chi connectivity index (χ2n) is 1.76. The molecule has 0 radical (unpaired) electrons. The van der Waals surface area contributed by atoms with Gasteiger partial charge in [-0.2, -0.15) is 0 Å². The van der Waals surface area contributed by atoms with Gasteiger partial charge in [0.15, 0.2) is 0 Å². The Hall–Kier alpha value is 0.430. The van der Waals surface area contributed by atoms with Crippen molar-refractivity contribution in [1.29, 1.82) is 0 Å². The average Bonchev–Trinajstić information content (AvgIpc) is 1.66. The van der Waals surface area contributed by atoms with Gasteiger partial charge in [-0.05, 0) is 52.0 Å². The maximum atomic E-state index is 5.28. The lowest BCUT2D eigenvalue weighted by atomic mass is 10.2. The fourth-order valence-corrected chi connectivity index (χ4v) is 0.843. The minimum absolute atomic E-state index is 0.809. The molecule has 1 nitrogen and oxygen atoms in total. The zero-order valence-electron chi connectivity index (χ0n) is 4.99. The van der Waals surface area contributed by atoms with Gasteiger partial charge in [-0.3, -0.25) is 0 Å². The van der Waals surface area contributed by atoms with Crippen molar-refractivity contribution in [3.63, 3.8) is 0 Å². The molecule has 0 fully saturated rings. The lowest BCUT2D eigenvalue weighted by Gasteiger charge is -1.93. The molecule has 0 rings (SSSR count). The van der Waals surface area contributed by atoms with Crippen LogP contribution >= 0.6 is 22.6 Å². The molecule has 0 aromatic carbocycles. The second kappa shape index (κ2) is 5.56. The molecule has 8 heavy (non-hydrogen) atoms. The van der Waals surface area contributed by atoms with E-state index in [0.29, 0.717) is 0 Å². The third-order valence-corrected chi connectivity index (χ3v) is 1.44. The van der Waals surface area contributed by atoms with E-state index in [1.807, 2.05) is 0 Å². The van der Waals surface area contributed by atoms with Crippen molar-refractivity contribution in [2.75, 3.05) is 6.54 Å². The third-order valence-electron chi connectivity index (χ3n) is 0.902. The van der Waals surface area contributed by atoms with Crippen molar-refractivity contribution in [2.24, 2.45) is 5.73 Å². The van der Waals surface area contributed by atoms with Gasteiger partial charge >= 0.3 is 0 Å². The maximum absolute atomic E-state index is 5.28. The first kappa shape index (κ1) is 8.43. The number of nitrogens with two attached hydrogens (primary N) is 1. The largest absolute Gasteiger partial charge is 0.330 e. The summed E-state index contributed by atoms with van der Waals surface area (Å²) in [5.74, 6) is 0. The molecular formula is C6H12IN. The summed E-state index contributed by atoms with van der Waals surface area (Å²) < 4.78 is 1.23. The van der Waals surface area contributed by atoms with Crippen molar-refractivity contribution >= 4 is 22.6 Å². The highest BCUT2D eigenvalue weighted by Crippen LogP contribution is 2.10. The van der Waals surface area contributed by atoms with Crippen LogP contribution in [0.3, 0.4) is 0 Å². The SMILES string of the molecule is C=C(I)CCCCN. The van der Waals surface area contributed by atoms with Gasteiger partial charge in [0.1, 0.15) is 0 Å². The molecular weight excluding hydrogens is 213 g/mol. The van der Waals surface area contributed by atoms with E-state index in [4.69, 9.17) is 5.73 Å². The van der Waals surface area contributed by atoms with E-state index in [1.165, 1.54) is 10.0 Å². The summed E-state index contributed by atoms with van der Waals surface area (Å²) in [5, 5.41) is 0. The Labute approximate surface area is 64.5 Å². The van der Waals surface area contributed by atoms with Gasteiger partial charge in [-0.1, -0.05) is 6.58 Å². The van der Waals surface area contributed by atoms with Crippen LogP contribution in [0.15, 0.2) is 10.2 Å². The van der Waals surface area contributed by atoms with E-state index in [-0.39, 0.29) is 0 Å². The summed E-state index contributed by atoms with van der Waals surface area (Å²) >= 11 is 2.25. The van der Waals surface area contributed by atoms with Gasteiger partial charge in [-0.15, -0.1) is 0 Å². The Kier molecular flexibility index (Phi) is 5.86. The first-order chi connectivity index (χ1) is 3.77. The highest BCUT2D eigenvalue weighted by Gasteiger charge is 1.86. The van der Waals surface area contributed by atoms with Gasteiger partial charge in [0, 0.05) is 0 Å². The highest BCUT2D eigenvalue weighted by molar-refractivity contribution is 14.1. The first-order valence-electron chi connectivity index (χ1n) is 2.80. The number of allylic oxidation sites excluding steroid dienone is 1. The first-order valence-corrected chi connectivity index (χ1v) is 3.88. The number of halogens is 1. The number of rotatable bonds is 4. The molecule has 0 aliphatic rings. The standard InChI is InChI=1S/C6H12IN/c1-6(7)4-2-3-5-8/h1-5,8H2. The van der Waals surface area contributed by atoms with E-state index in [1.54, 1.807) is 0 Å². The van der Waals surface area contributed by atoms with Gasteiger partial charge in [-0.25, -0.2) is 0 Å². The van der Waals surface area contributed by atoms with E-state index in [9.17, 15) is 0 Å². The predicted octanol–water partition coefficient (Wildman–Crippen LogP) is 2.06.